The monoisotopic (exact) mass is 707 g/mol. The second-order valence-corrected chi connectivity index (χ2v) is 12.2. The molecule has 15 heteroatoms. The zero-order chi connectivity index (χ0) is 33.2. The molecule has 2 N–H and O–H groups in total. The molecular formula is C32H32F6N3NaO3S2. The number of benzene rings is 2. The van der Waals surface area contributed by atoms with Crippen LogP contribution in [0.4, 0.5) is 26.3 Å². The van der Waals surface area contributed by atoms with E-state index in [0.29, 0.717) is 32.4 Å². The Morgan fingerprint density at radius 3 is 1.49 bits per heavy atom. The third-order valence-corrected chi connectivity index (χ3v) is 8.85. The molecule has 2 aromatic heterocycles. The van der Waals surface area contributed by atoms with Crippen LogP contribution in [0.5, 0.6) is 0 Å². The molecule has 0 amide bonds. The van der Waals surface area contributed by atoms with Crippen molar-refractivity contribution in [1.82, 2.24) is 9.97 Å². The summed E-state index contributed by atoms with van der Waals surface area (Å²) in [5, 5.41) is 19.1. The maximum Gasteiger partial charge on any atom is 1.00 e. The molecule has 248 valence electrons. The van der Waals surface area contributed by atoms with Crippen LogP contribution < -0.4 is 29.6 Å². The number of thiazole rings is 2. The minimum atomic E-state index is -4.37. The van der Waals surface area contributed by atoms with Crippen LogP contribution in [0.15, 0.2) is 48.5 Å². The minimum Gasteiger partial charge on any atom is -0.870 e. The van der Waals surface area contributed by atoms with Gasteiger partial charge in [0.2, 0.25) is 0 Å². The van der Waals surface area contributed by atoms with Crippen molar-refractivity contribution < 1.29 is 71.3 Å². The summed E-state index contributed by atoms with van der Waals surface area (Å²) in [4.78, 5) is 21.5. The van der Waals surface area contributed by atoms with Crippen molar-refractivity contribution in [3.05, 3.63) is 80.8 Å². The summed E-state index contributed by atoms with van der Waals surface area (Å²) in [5.74, 6) is -0.939. The number of aryl methyl sites for hydroxylation is 2. The van der Waals surface area contributed by atoms with E-state index in [9.17, 15) is 31.1 Å². The van der Waals surface area contributed by atoms with E-state index in [1.807, 2.05) is 6.92 Å². The van der Waals surface area contributed by atoms with E-state index in [0.717, 1.165) is 72.6 Å². The van der Waals surface area contributed by atoms with E-state index in [1.54, 1.807) is 0 Å². The number of carboxylic acids is 1. The molecule has 47 heavy (non-hydrogen) atoms. The van der Waals surface area contributed by atoms with Crippen LogP contribution in [0.1, 0.15) is 71.8 Å². The third kappa shape index (κ3) is 12.6. The van der Waals surface area contributed by atoms with Crippen LogP contribution in [-0.2, 0) is 42.8 Å². The van der Waals surface area contributed by atoms with Gasteiger partial charge in [0, 0.05) is 20.9 Å². The van der Waals surface area contributed by atoms with Gasteiger partial charge in [0.25, 0.3) is 0 Å². The number of aromatic nitrogens is 2. The standard InChI is InChI=1S/C16H15F3N2S.C16H16F3NO2S.Na.H2O/c1-2-3-4-13-14(9-10-20)22-15(21-13)11-5-7-12(8-6-11)16(17,18)19;1-2-3-4-12-13(9-14(21)22)23-15(20-12)10-5-7-11(8-6-10)16(17,18)19;;/h5-8H,2-4,9H2,1H3;5-8H,2-4,9H2,1H3,(H,21,22);;1H2/q;;+1;/p-1. The van der Waals surface area contributed by atoms with Crippen LogP contribution in [0.2, 0.25) is 0 Å². The molecule has 6 nitrogen and oxygen atoms in total. The first-order valence-corrected chi connectivity index (χ1v) is 15.8. The summed E-state index contributed by atoms with van der Waals surface area (Å²) in [5.41, 5.74) is 1.46. The smallest absolute Gasteiger partial charge is 0.870 e. The fourth-order valence-corrected chi connectivity index (χ4v) is 6.33. The number of rotatable bonds is 11. The van der Waals surface area contributed by atoms with Crippen molar-refractivity contribution in [1.29, 1.82) is 5.26 Å². The van der Waals surface area contributed by atoms with E-state index in [1.165, 1.54) is 46.9 Å². The molecule has 0 bridgehead atoms. The van der Waals surface area contributed by atoms with Crippen LogP contribution in [0, 0.1) is 11.3 Å². The van der Waals surface area contributed by atoms with Gasteiger partial charge in [0.05, 0.1) is 41.4 Å². The van der Waals surface area contributed by atoms with E-state index in [4.69, 9.17) is 10.4 Å². The molecule has 2 heterocycles. The average Bonchev–Trinajstić information content (AvgIpc) is 3.58. The number of unbranched alkanes of at least 4 members (excludes halogenated alkanes) is 2. The number of nitrogens with zero attached hydrogens (tertiary/aromatic N) is 3. The number of aliphatic carboxylic acids is 1. The Labute approximate surface area is 299 Å². The van der Waals surface area contributed by atoms with E-state index in [2.05, 4.69) is 23.0 Å². The summed E-state index contributed by atoms with van der Waals surface area (Å²) in [6.07, 6.45) is -3.20. The van der Waals surface area contributed by atoms with Gasteiger partial charge < -0.3 is 10.6 Å². The van der Waals surface area contributed by atoms with Gasteiger partial charge in [-0.1, -0.05) is 51.0 Å². The molecule has 4 aromatic rings. The van der Waals surface area contributed by atoms with Gasteiger partial charge >= 0.3 is 47.9 Å². The Morgan fingerprint density at radius 1 is 0.766 bits per heavy atom. The van der Waals surface area contributed by atoms with Gasteiger partial charge in [0.15, 0.2) is 0 Å². The minimum absolute atomic E-state index is 0. The summed E-state index contributed by atoms with van der Waals surface area (Å²) >= 11 is 2.62. The Morgan fingerprint density at radius 2 is 1.15 bits per heavy atom. The summed E-state index contributed by atoms with van der Waals surface area (Å²) < 4.78 is 75.5. The molecule has 0 saturated carbocycles. The van der Waals surface area contributed by atoms with Crippen molar-refractivity contribution in [3.63, 3.8) is 0 Å². The largest absolute Gasteiger partial charge is 1.00 e. The molecule has 0 aliphatic carbocycles. The quantitative estimate of drug-likeness (QED) is 0.135. The zero-order valence-electron chi connectivity index (χ0n) is 26.0. The van der Waals surface area contributed by atoms with Gasteiger partial charge in [-0.05, 0) is 49.9 Å². The van der Waals surface area contributed by atoms with Crippen molar-refractivity contribution >= 4 is 28.6 Å². The Hall–Kier alpha value is -2.80. The fraction of sp³-hybridized carbons (Fsp3) is 0.375. The summed E-state index contributed by atoms with van der Waals surface area (Å²) in [6, 6.07) is 11.9. The molecule has 0 aliphatic heterocycles. The molecule has 2 aromatic carbocycles. The van der Waals surface area contributed by atoms with Gasteiger partial charge in [-0.15, -0.1) is 22.7 Å². The zero-order valence-corrected chi connectivity index (χ0v) is 29.6. The normalized spacial score (nSPS) is 11.0. The van der Waals surface area contributed by atoms with Gasteiger partial charge in [-0.2, -0.15) is 31.6 Å². The van der Waals surface area contributed by atoms with Crippen LogP contribution in [0.3, 0.4) is 0 Å². The molecule has 4 rings (SSSR count). The van der Waals surface area contributed by atoms with Crippen molar-refractivity contribution in [2.75, 3.05) is 0 Å². The molecule has 0 fully saturated rings. The van der Waals surface area contributed by atoms with Gasteiger partial charge in [-0.25, -0.2) is 9.97 Å². The molecular weight excluding hydrogens is 675 g/mol. The van der Waals surface area contributed by atoms with Gasteiger partial charge in [-0.3, -0.25) is 4.79 Å². The second-order valence-electron chi connectivity index (χ2n) is 10.0. The SMILES string of the molecule is CCCCc1nc(-c2ccc(C(F)(F)F)cc2)sc1CC#N.CCCCc1nc(-c2ccc(C(F)(F)F)cc2)sc1CC(=O)O.[Na+].[OH-]. The number of carbonyl (C=O) groups is 1. The average molecular weight is 708 g/mol. The van der Waals surface area contributed by atoms with Crippen LogP contribution in [0.25, 0.3) is 21.1 Å². The van der Waals surface area contributed by atoms with E-state index >= 15 is 0 Å². The first-order chi connectivity index (χ1) is 21.3. The Balaban J connectivity index is 0.000000451. The number of hydrogen-bond acceptors (Lipinski definition) is 7. The van der Waals surface area contributed by atoms with Crippen LogP contribution >= 0.6 is 22.7 Å². The fourth-order valence-electron chi connectivity index (χ4n) is 4.18. The molecule has 0 spiro atoms. The number of hydrogen-bond donors (Lipinski definition) is 1. The number of carboxylic acid groups (broad SMARTS) is 1. The van der Waals surface area contributed by atoms with Gasteiger partial charge in [0.1, 0.15) is 10.0 Å². The van der Waals surface area contributed by atoms with Crippen molar-refractivity contribution in [3.8, 4) is 27.2 Å². The maximum atomic E-state index is 12.6. The number of alkyl halides is 6. The van der Waals surface area contributed by atoms with Crippen LogP contribution in [-0.4, -0.2) is 26.5 Å². The maximum absolute atomic E-state index is 12.6. The first-order valence-electron chi connectivity index (χ1n) is 14.2. The first kappa shape index (κ1) is 42.2. The Kier molecular flexibility index (Phi) is 17.3. The molecule has 0 aliphatic rings. The Bertz CT molecular complexity index is 1600. The van der Waals surface area contributed by atoms with E-state index in [-0.39, 0.29) is 47.9 Å². The molecule has 0 saturated heterocycles. The topological polar surface area (TPSA) is 117 Å². The predicted octanol–water partition coefficient (Wildman–Crippen LogP) is 6.86. The second kappa shape index (κ2) is 19.3. The molecule has 0 radical (unpaired) electrons. The van der Waals surface area contributed by atoms with Crippen molar-refractivity contribution in [2.45, 2.75) is 77.6 Å². The molecule has 0 atom stereocenters. The van der Waals surface area contributed by atoms with Crippen molar-refractivity contribution in [2.24, 2.45) is 0 Å². The summed E-state index contributed by atoms with van der Waals surface area (Å²) in [6.45, 7) is 4.10. The predicted molar refractivity (Wildman–Crippen MR) is 165 cm³/mol. The summed E-state index contributed by atoms with van der Waals surface area (Å²) in [7, 11) is 0. The number of nitriles is 1. The third-order valence-electron chi connectivity index (χ3n) is 6.56. The molecule has 0 unspecified atom stereocenters. The van der Waals surface area contributed by atoms with E-state index < -0.39 is 29.4 Å². The number of halogens is 6.